The maximum atomic E-state index is 12.0. The second-order valence-corrected chi connectivity index (χ2v) is 5.47. The number of oxime groups is 1. The van der Waals surface area contributed by atoms with Crippen LogP contribution < -0.4 is 4.74 Å². The van der Waals surface area contributed by atoms with E-state index in [1.165, 1.54) is 26.7 Å². The highest BCUT2D eigenvalue weighted by atomic mass is 16.5. The Morgan fingerprint density at radius 1 is 1.19 bits per heavy atom. The summed E-state index contributed by atoms with van der Waals surface area (Å²) in [6.45, 7) is 2.17. The first-order chi connectivity index (χ1) is 12.6. The first-order valence-corrected chi connectivity index (χ1v) is 7.91. The number of carbonyl (C=O) groups excluding carboxylic acids is 1. The van der Waals surface area contributed by atoms with E-state index in [0.717, 1.165) is 16.7 Å². The van der Waals surface area contributed by atoms with Gasteiger partial charge in [0.2, 0.25) is 0 Å². The molecule has 0 radical (unpaired) electrons. The Hall–Kier alpha value is -3.28. The van der Waals surface area contributed by atoms with E-state index in [1.807, 2.05) is 37.3 Å². The van der Waals surface area contributed by atoms with Crippen molar-refractivity contribution in [2.45, 2.75) is 13.5 Å². The normalized spacial score (nSPS) is 11.4. The SMILES string of the molecule is CO/C=C(/C(=O)OC)c1ccccc1COc1ccc(/C=N/O)cc1C. The molecule has 0 aliphatic heterocycles. The maximum absolute atomic E-state index is 12.0. The molecule has 0 spiro atoms. The molecule has 0 bridgehead atoms. The molecule has 2 rings (SSSR count). The number of hydrogen-bond donors (Lipinski definition) is 1. The zero-order valence-corrected chi connectivity index (χ0v) is 14.9. The summed E-state index contributed by atoms with van der Waals surface area (Å²) in [5.41, 5.74) is 3.50. The first-order valence-electron chi connectivity index (χ1n) is 7.91. The maximum Gasteiger partial charge on any atom is 0.341 e. The monoisotopic (exact) mass is 355 g/mol. The van der Waals surface area contributed by atoms with E-state index in [2.05, 4.69) is 5.16 Å². The summed E-state index contributed by atoms with van der Waals surface area (Å²) in [5, 5.41) is 11.6. The molecule has 0 aliphatic rings. The van der Waals surface area contributed by atoms with Gasteiger partial charge in [-0.3, -0.25) is 0 Å². The van der Waals surface area contributed by atoms with Gasteiger partial charge in [-0.25, -0.2) is 4.79 Å². The fourth-order valence-corrected chi connectivity index (χ4v) is 2.50. The van der Waals surface area contributed by atoms with Gasteiger partial charge in [-0.2, -0.15) is 0 Å². The summed E-state index contributed by atoms with van der Waals surface area (Å²) in [6, 6.07) is 12.8. The first kappa shape index (κ1) is 19.1. The molecule has 0 amide bonds. The molecule has 0 atom stereocenters. The molecular formula is C20H21NO5. The third kappa shape index (κ3) is 4.63. The second kappa shape index (κ2) is 9.27. The molecule has 26 heavy (non-hydrogen) atoms. The lowest BCUT2D eigenvalue weighted by Gasteiger charge is -2.14. The lowest BCUT2D eigenvalue weighted by molar-refractivity contribution is -0.133. The van der Waals surface area contributed by atoms with E-state index >= 15 is 0 Å². The van der Waals surface area contributed by atoms with Crippen LogP contribution in [0.5, 0.6) is 5.75 Å². The summed E-state index contributed by atoms with van der Waals surface area (Å²) < 4.78 is 15.8. The van der Waals surface area contributed by atoms with E-state index in [1.54, 1.807) is 12.1 Å². The molecule has 1 N–H and O–H groups in total. The minimum absolute atomic E-state index is 0.266. The molecule has 0 aliphatic carbocycles. The molecule has 2 aromatic carbocycles. The van der Waals surface area contributed by atoms with Crippen LogP contribution in [-0.2, 0) is 20.9 Å². The predicted octanol–water partition coefficient (Wildman–Crippen LogP) is 3.54. The fourth-order valence-electron chi connectivity index (χ4n) is 2.50. The number of methoxy groups -OCH3 is 2. The fraction of sp³-hybridized carbons (Fsp3) is 0.200. The standard InChI is InChI=1S/C20H21NO5/c1-14-10-15(11-21-23)8-9-19(14)26-12-16-6-4-5-7-17(16)18(13-24-2)20(22)25-3/h4-11,13,23H,12H2,1-3H3/b18-13+,21-11+. The molecule has 136 valence electrons. The molecule has 6 nitrogen and oxygen atoms in total. The molecule has 6 heteroatoms. The molecular weight excluding hydrogens is 334 g/mol. The lowest BCUT2D eigenvalue weighted by Crippen LogP contribution is -2.08. The zero-order valence-electron chi connectivity index (χ0n) is 14.9. The van der Waals surface area contributed by atoms with Crippen molar-refractivity contribution < 1.29 is 24.2 Å². The molecule has 0 aromatic heterocycles. The van der Waals surface area contributed by atoms with Gasteiger partial charge in [0.25, 0.3) is 0 Å². The van der Waals surface area contributed by atoms with Crippen LogP contribution in [0.25, 0.3) is 5.57 Å². The minimum Gasteiger partial charge on any atom is -0.503 e. The number of esters is 1. The molecule has 0 unspecified atom stereocenters. The van der Waals surface area contributed by atoms with Gasteiger partial charge < -0.3 is 19.4 Å². The summed E-state index contributed by atoms with van der Waals surface area (Å²) in [4.78, 5) is 12.0. The number of aryl methyl sites for hydroxylation is 1. The van der Waals surface area contributed by atoms with Crippen molar-refractivity contribution in [3.8, 4) is 5.75 Å². The van der Waals surface area contributed by atoms with Gasteiger partial charge in [-0.1, -0.05) is 29.4 Å². The highest BCUT2D eigenvalue weighted by molar-refractivity contribution is 6.16. The van der Waals surface area contributed by atoms with Crippen LogP contribution in [-0.4, -0.2) is 31.6 Å². The van der Waals surface area contributed by atoms with Gasteiger partial charge in [-0.15, -0.1) is 0 Å². The highest BCUT2D eigenvalue weighted by Gasteiger charge is 2.17. The van der Waals surface area contributed by atoms with Crippen molar-refractivity contribution >= 4 is 17.8 Å². The molecule has 0 saturated heterocycles. The number of benzene rings is 2. The summed E-state index contributed by atoms with van der Waals surface area (Å²) in [7, 11) is 2.80. The number of ether oxygens (including phenoxy) is 3. The molecule has 0 fully saturated rings. The summed E-state index contributed by atoms with van der Waals surface area (Å²) in [6.07, 6.45) is 2.71. The van der Waals surface area contributed by atoms with Crippen molar-refractivity contribution in [3.05, 3.63) is 71.0 Å². The number of carbonyl (C=O) groups is 1. The smallest absolute Gasteiger partial charge is 0.341 e. The minimum atomic E-state index is -0.483. The van der Waals surface area contributed by atoms with Crippen LogP contribution in [0.1, 0.15) is 22.3 Å². The van der Waals surface area contributed by atoms with Crippen LogP contribution in [0.3, 0.4) is 0 Å². The van der Waals surface area contributed by atoms with Crippen molar-refractivity contribution in [2.24, 2.45) is 5.16 Å². The van der Waals surface area contributed by atoms with Crippen LogP contribution in [0, 0.1) is 6.92 Å². The van der Waals surface area contributed by atoms with E-state index in [4.69, 9.17) is 19.4 Å². The Kier molecular flexibility index (Phi) is 6.79. The summed E-state index contributed by atoms with van der Waals surface area (Å²) in [5.74, 6) is 0.216. The summed E-state index contributed by atoms with van der Waals surface area (Å²) >= 11 is 0. The Morgan fingerprint density at radius 2 is 1.96 bits per heavy atom. The Morgan fingerprint density at radius 3 is 2.62 bits per heavy atom. The quantitative estimate of drug-likeness (QED) is 0.205. The van der Waals surface area contributed by atoms with Crippen molar-refractivity contribution in [1.82, 2.24) is 0 Å². The molecule has 0 saturated carbocycles. The van der Waals surface area contributed by atoms with Gasteiger partial charge in [-0.05, 0) is 47.4 Å². The topological polar surface area (TPSA) is 77.4 Å². The van der Waals surface area contributed by atoms with Gasteiger partial charge in [0, 0.05) is 0 Å². The van der Waals surface area contributed by atoms with Gasteiger partial charge in [0.15, 0.2) is 0 Å². The van der Waals surface area contributed by atoms with E-state index in [9.17, 15) is 4.79 Å². The number of hydrogen-bond acceptors (Lipinski definition) is 6. The second-order valence-electron chi connectivity index (χ2n) is 5.47. The van der Waals surface area contributed by atoms with Crippen molar-refractivity contribution in [2.75, 3.05) is 14.2 Å². The number of nitrogens with zero attached hydrogens (tertiary/aromatic N) is 1. The van der Waals surface area contributed by atoms with Crippen molar-refractivity contribution in [3.63, 3.8) is 0 Å². The third-order valence-corrected chi connectivity index (χ3v) is 3.74. The van der Waals surface area contributed by atoms with Crippen LogP contribution in [0.2, 0.25) is 0 Å². The zero-order chi connectivity index (χ0) is 18.9. The molecule has 0 heterocycles. The third-order valence-electron chi connectivity index (χ3n) is 3.74. The number of rotatable bonds is 7. The van der Waals surface area contributed by atoms with Crippen LogP contribution in [0.4, 0.5) is 0 Å². The van der Waals surface area contributed by atoms with E-state index < -0.39 is 5.97 Å². The van der Waals surface area contributed by atoms with Gasteiger partial charge in [0.05, 0.1) is 26.7 Å². The lowest BCUT2D eigenvalue weighted by atomic mass is 10.0. The highest BCUT2D eigenvalue weighted by Crippen LogP contribution is 2.24. The van der Waals surface area contributed by atoms with Crippen LogP contribution in [0.15, 0.2) is 53.9 Å². The Labute approximate surface area is 152 Å². The van der Waals surface area contributed by atoms with E-state index in [-0.39, 0.29) is 6.61 Å². The molecule has 2 aromatic rings. The van der Waals surface area contributed by atoms with Crippen molar-refractivity contribution in [1.29, 1.82) is 0 Å². The van der Waals surface area contributed by atoms with Gasteiger partial charge in [0.1, 0.15) is 17.9 Å². The van der Waals surface area contributed by atoms with Crippen LogP contribution >= 0.6 is 0 Å². The Balaban J connectivity index is 2.26. The largest absolute Gasteiger partial charge is 0.503 e. The van der Waals surface area contributed by atoms with Gasteiger partial charge >= 0.3 is 5.97 Å². The average Bonchev–Trinajstić information content (AvgIpc) is 2.65. The Bertz CT molecular complexity index is 827. The average molecular weight is 355 g/mol. The predicted molar refractivity (Wildman–Crippen MR) is 98.3 cm³/mol. The van der Waals surface area contributed by atoms with E-state index in [0.29, 0.717) is 16.9 Å².